The number of benzene rings is 2. The van der Waals surface area contributed by atoms with Gasteiger partial charge in [-0.25, -0.2) is 0 Å². The van der Waals surface area contributed by atoms with Crippen LogP contribution in [-0.2, 0) is 6.54 Å². The van der Waals surface area contributed by atoms with E-state index in [4.69, 9.17) is 4.74 Å². The fourth-order valence-corrected chi connectivity index (χ4v) is 2.81. The van der Waals surface area contributed by atoms with E-state index < -0.39 is 11.0 Å². The molecule has 0 bridgehead atoms. The van der Waals surface area contributed by atoms with Gasteiger partial charge >= 0.3 is 0 Å². The largest absolute Gasteiger partial charge is 0.491 e. The van der Waals surface area contributed by atoms with Crippen LogP contribution in [0.25, 0.3) is 10.9 Å². The lowest BCUT2D eigenvalue weighted by atomic mass is 10.2. The number of nitrogens with zero attached hydrogens (tertiary/aromatic N) is 3. The first-order valence-corrected chi connectivity index (χ1v) is 8.60. The van der Waals surface area contributed by atoms with Gasteiger partial charge in [0.25, 0.3) is 5.69 Å². The summed E-state index contributed by atoms with van der Waals surface area (Å²) < 4.78 is 5.50. The quantitative estimate of drug-likeness (QED) is 0.486. The third kappa shape index (κ3) is 5.22. The molecule has 0 spiro atoms. The zero-order valence-corrected chi connectivity index (χ0v) is 15.0. The summed E-state index contributed by atoms with van der Waals surface area (Å²) in [5, 5.41) is 21.9. The van der Waals surface area contributed by atoms with Crippen molar-refractivity contribution in [3.05, 3.63) is 76.5 Å². The average Bonchev–Trinajstić information content (AvgIpc) is 2.66. The van der Waals surface area contributed by atoms with Crippen LogP contribution in [0.5, 0.6) is 5.75 Å². The summed E-state index contributed by atoms with van der Waals surface area (Å²) in [6.07, 6.45) is -0.689. The Morgan fingerprint density at radius 3 is 2.63 bits per heavy atom. The van der Waals surface area contributed by atoms with Gasteiger partial charge in [-0.05, 0) is 31.3 Å². The molecule has 0 aliphatic rings. The lowest BCUT2D eigenvalue weighted by Crippen LogP contribution is -2.33. The summed E-state index contributed by atoms with van der Waals surface area (Å²) >= 11 is 0. The number of likely N-dealkylation sites (N-methyl/N-ethyl adjacent to an activating group) is 1. The van der Waals surface area contributed by atoms with Crippen LogP contribution in [0, 0.1) is 10.1 Å². The number of aliphatic hydroxyl groups is 1. The van der Waals surface area contributed by atoms with Gasteiger partial charge in [0.2, 0.25) is 0 Å². The summed E-state index contributed by atoms with van der Waals surface area (Å²) in [6, 6.07) is 17.8. The number of ether oxygens (including phenoxy) is 1. The SMILES string of the molecule is CN(Cc1ccc2ccccc2n1)CC(O)COc1ccc([N+](=O)[O-])cc1. The maximum atomic E-state index is 10.6. The second-order valence-electron chi connectivity index (χ2n) is 6.41. The molecular formula is C20H21N3O4. The number of nitro benzene ring substituents is 1. The van der Waals surface area contributed by atoms with Crippen molar-refractivity contribution in [3.8, 4) is 5.75 Å². The average molecular weight is 367 g/mol. The zero-order chi connectivity index (χ0) is 19.2. The molecule has 0 fully saturated rings. The lowest BCUT2D eigenvalue weighted by Gasteiger charge is -2.20. The summed E-state index contributed by atoms with van der Waals surface area (Å²) in [7, 11) is 1.91. The van der Waals surface area contributed by atoms with Gasteiger partial charge in [-0.2, -0.15) is 0 Å². The van der Waals surface area contributed by atoms with E-state index in [1.165, 1.54) is 24.3 Å². The molecule has 0 saturated carbocycles. The van der Waals surface area contributed by atoms with Gasteiger partial charge in [-0.15, -0.1) is 0 Å². The highest BCUT2D eigenvalue weighted by atomic mass is 16.6. The maximum absolute atomic E-state index is 10.6. The molecule has 0 aliphatic heterocycles. The van der Waals surface area contributed by atoms with E-state index in [-0.39, 0.29) is 12.3 Å². The number of fused-ring (bicyclic) bond motifs is 1. The molecule has 7 heteroatoms. The predicted octanol–water partition coefficient (Wildman–Crippen LogP) is 3.01. The van der Waals surface area contributed by atoms with Gasteiger partial charge in [0.1, 0.15) is 18.5 Å². The van der Waals surface area contributed by atoms with E-state index in [1.807, 2.05) is 48.3 Å². The molecular weight excluding hydrogens is 346 g/mol. The molecule has 1 N–H and O–H groups in total. The van der Waals surface area contributed by atoms with Crippen molar-refractivity contribution in [1.29, 1.82) is 0 Å². The monoisotopic (exact) mass is 367 g/mol. The highest BCUT2D eigenvalue weighted by molar-refractivity contribution is 5.78. The summed E-state index contributed by atoms with van der Waals surface area (Å²) in [5.74, 6) is 0.485. The Labute approximate surface area is 157 Å². The van der Waals surface area contributed by atoms with Crippen molar-refractivity contribution < 1.29 is 14.8 Å². The van der Waals surface area contributed by atoms with Gasteiger partial charge in [-0.1, -0.05) is 24.3 Å². The van der Waals surface area contributed by atoms with Crippen LogP contribution in [0.3, 0.4) is 0 Å². The van der Waals surface area contributed by atoms with Crippen LogP contribution in [0.4, 0.5) is 5.69 Å². The molecule has 3 rings (SSSR count). The maximum Gasteiger partial charge on any atom is 0.269 e. The van der Waals surface area contributed by atoms with Gasteiger partial charge < -0.3 is 9.84 Å². The number of non-ortho nitro benzene ring substituents is 1. The van der Waals surface area contributed by atoms with Crippen LogP contribution < -0.4 is 4.74 Å². The number of para-hydroxylation sites is 1. The normalized spacial score (nSPS) is 12.3. The number of hydrogen-bond donors (Lipinski definition) is 1. The topological polar surface area (TPSA) is 88.7 Å². The first-order chi connectivity index (χ1) is 13.0. The number of aromatic nitrogens is 1. The molecule has 1 heterocycles. The zero-order valence-electron chi connectivity index (χ0n) is 15.0. The lowest BCUT2D eigenvalue weighted by molar-refractivity contribution is -0.384. The third-order valence-electron chi connectivity index (χ3n) is 4.10. The molecule has 0 radical (unpaired) electrons. The predicted molar refractivity (Wildman–Crippen MR) is 103 cm³/mol. The number of rotatable bonds is 8. The van der Waals surface area contributed by atoms with Gasteiger partial charge in [0, 0.05) is 30.6 Å². The Morgan fingerprint density at radius 1 is 1.15 bits per heavy atom. The van der Waals surface area contributed by atoms with E-state index in [9.17, 15) is 15.2 Å². The molecule has 1 atom stereocenters. The van der Waals surface area contributed by atoms with E-state index in [0.29, 0.717) is 18.8 Å². The molecule has 0 saturated heterocycles. The second kappa shape index (κ2) is 8.57. The van der Waals surface area contributed by atoms with Crippen LogP contribution in [0.15, 0.2) is 60.7 Å². The van der Waals surface area contributed by atoms with Gasteiger partial charge in [0.15, 0.2) is 0 Å². The van der Waals surface area contributed by atoms with Crippen LogP contribution in [0.1, 0.15) is 5.69 Å². The summed E-state index contributed by atoms with van der Waals surface area (Å²) in [6.45, 7) is 1.13. The van der Waals surface area contributed by atoms with E-state index in [1.54, 1.807) is 0 Å². The Bertz CT molecular complexity index is 915. The number of nitro groups is 1. The van der Waals surface area contributed by atoms with Gasteiger partial charge in [0.05, 0.1) is 16.1 Å². The molecule has 27 heavy (non-hydrogen) atoms. The molecule has 140 valence electrons. The Balaban J connectivity index is 1.49. The molecule has 7 nitrogen and oxygen atoms in total. The highest BCUT2D eigenvalue weighted by Gasteiger charge is 2.11. The summed E-state index contributed by atoms with van der Waals surface area (Å²) in [4.78, 5) is 16.8. The van der Waals surface area contributed by atoms with Crippen molar-refractivity contribution in [2.24, 2.45) is 0 Å². The number of aliphatic hydroxyl groups excluding tert-OH is 1. The smallest absolute Gasteiger partial charge is 0.269 e. The second-order valence-corrected chi connectivity index (χ2v) is 6.41. The minimum Gasteiger partial charge on any atom is -0.491 e. The van der Waals surface area contributed by atoms with Crippen molar-refractivity contribution in [2.75, 3.05) is 20.2 Å². The fourth-order valence-electron chi connectivity index (χ4n) is 2.81. The third-order valence-corrected chi connectivity index (χ3v) is 4.10. The molecule has 3 aromatic rings. The number of pyridine rings is 1. The summed E-state index contributed by atoms with van der Waals surface area (Å²) in [5.41, 5.74) is 1.88. The van der Waals surface area contributed by atoms with E-state index >= 15 is 0 Å². The minimum atomic E-state index is -0.689. The Morgan fingerprint density at radius 2 is 1.89 bits per heavy atom. The van der Waals surface area contributed by atoms with E-state index in [2.05, 4.69) is 4.98 Å². The Hall–Kier alpha value is -3.03. The van der Waals surface area contributed by atoms with Crippen molar-refractivity contribution >= 4 is 16.6 Å². The molecule has 1 unspecified atom stereocenters. The Kier molecular flexibility index (Phi) is 5.95. The first kappa shape index (κ1) is 18.8. The van der Waals surface area contributed by atoms with Crippen molar-refractivity contribution in [3.63, 3.8) is 0 Å². The minimum absolute atomic E-state index is 0.00511. The van der Waals surface area contributed by atoms with Crippen LogP contribution >= 0.6 is 0 Å². The molecule has 0 amide bonds. The molecule has 1 aromatic heterocycles. The van der Waals surface area contributed by atoms with Crippen LogP contribution in [-0.4, -0.2) is 46.2 Å². The van der Waals surface area contributed by atoms with E-state index in [0.717, 1.165) is 16.6 Å². The van der Waals surface area contributed by atoms with Gasteiger partial charge in [-0.3, -0.25) is 20.0 Å². The number of hydrogen-bond acceptors (Lipinski definition) is 6. The highest BCUT2D eigenvalue weighted by Crippen LogP contribution is 2.17. The van der Waals surface area contributed by atoms with Crippen LogP contribution in [0.2, 0.25) is 0 Å². The first-order valence-electron chi connectivity index (χ1n) is 8.60. The standard InChI is InChI=1S/C20H21N3O4/c1-22(12-16-7-6-15-4-2-3-5-20(15)21-16)13-18(24)14-27-19-10-8-17(9-11-19)23(25)26/h2-11,18,24H,12-14H2,1H3. The fraction of sp³-hybridized carbons (Fsp3) is 0.250. The van der Waals surface area contributed by atoms with Crippen molar-refractivity contribution in [2.45, 2.75) is 12.6 Å². The molecule has 2 aromatic carbocycles. The van der Waals surface area contributed by atoms with Crippen molar-refractivity contribution in [1.82, 2.24) is 9.88 Å². The molecule has 0 aliphatic carbocycles.